The number of aryl methyl sites for hydroxylation is 1. The second kappa shape index (κ2) is 8.19. The Labute approximate surface area is 168 Å². The van der Waals surface area contributed by atoms with Crippen LogP contribution in [-0.2, 0) is 0 Å². The minimum atomic E-state index is 0.477. The van der Waals surface area contributed by atoms with Crippen LogP contribution in [0.4, 0.5) is 11.6 Å². The molecule has 0 spiro atoms. The molecule has 4 rings (SSSR count). The molecule has 1 N–H and O–H groups in total. The van der Waals surface area contributed by atoms with Crippen molar-refractivity contribution in [2.75, 3.05) is 5.32 Å². The van der Waals surface area contributed by atoms with Crippen molar-refractivity contribution in [3.05, 3.63) is 89.6 Å². The summed E-state index contributed by atoms with van der Waals surface area (Å²) in [7, 11) is 0. The van der Waals surface area contributed by atoms with E-state index in [9.17, 15) is 0 Å². The Balaban J connectivity index is 1.50. The molecule has 0 amide bonds. The van der Waals surface area contributed by atoms with Crippen LogP contribution < -0.4 is 5.32 Å². The number of benzene rings is 1. The summed E-state index contributed by atoms with van der Waals surface area (Å²) in [6, 6.07) is 18.9. The van der Waals surface area contributed by atoms with Crippen molar-refractivity contribution >= 4 is 23.8 Å². The van der Waals surface area contributed by atoms with Crippen LogP contribution in [0, 0.1) is 18.3 Å². The van der Waals surface area contributed by atoms with Gasteiger partial charge in [0, 0.05) is 12.3 Å². The molecule has 0 fully saturated rings. The van der Waals surface area contributed by atoms with E-state index in [1.165, 1.54) is 0 Å². The molecule has 0 aliphatic heterocycles. The SMILES string of the molecule is Cc1ccnc(Nc2cccc(-c3cnc(/C=C/c4ccc(C#N)cc4)o3)n2)c1. The number of anilines is 2. The van der Waals surface area contributed by atoms with Crippen LogP contribution in [0.2, 0.25) is 0 Å². The monoisotopic (exact) mass is 379 g/mol. The van der Waals surface area contributed by atoms with E-state index < -0.39 is 0 Å². The first-order valence-electron chi connectivity index (χ1n) is 9.01. The Hall–Kier alpha value is -4.24. The molecule has 4 aromatic rings. The third-order valence-corrected chi connectivity index (χ3v) is 4.15. The number of nitriles is 1. The topological polar surface area (TPSA) is 87.6 Å². The fourth-order valence-electron chi connectivity index (χ4n) is 2.70. The van der Waals surface area contributed by atoms with Crippen LogP contribution >= 0.6 is 0 Å². The van der Waals surface area contributed by atoms with E-state index in [4.69, 9.17) is 9.68 Å². The quantitative estimate of drug-likeness (QED) is 0.511. The molecule has 0 aliphatic rings. The largest absolute Gasteiger partial charge is 0.435 e. The van der Waals surface area contributed by atoms with Gasteiger partial charge in [-0.25, -0.2) is 15.0 Å². The van der Waals surface area contributed by atoms with Crippen LogP contribution in [0.1, 0.15) is 22.6 Å². The Morgan fingerprint density at radius 2 is 1.86 bits per heavy atom. The van der Waals surface area contributed by atoms with Crippen molar-refractivity contribution in [2.24, 2.45) is 0 Å². The van der Waals surface area contributed by atoms with Gasteiger partial charge in [-0.2, -0.15) is 5.26 Å². The summed E-state index contributed by atoms with van der Waals surface area (Å²) in [6.45, 7) is 2.01. The van der Waals surface area contributed by atoms with Gasteiger partial charge in [0.1, 0.15) is 17.3 Å². The predicted molar refractivity (Wildman–Crippen MR) is 112 cm³/mol. The molecule has 3 heterocycles. The van der Waals surface area contributed by atoms with Gasteiger partial charge in [-0.15, -0.1) is 0 Å². The molecular formula is C23H17N5O. The van der Waals surface area contributed by atoms with Gasteiger partial charge in [0.15, 0.2) is 5.76 Å². The van der Waals surface area contributed by atoms with Crippen molar-refractivity contribution in [3.63, 3.8) is 0 Å². The van der Waals surface area contributed by atoms with E-state index in [0.29, 0.717) is 28.7 Å². The maximum Gasteiger partial charge on any atom is 0.219 e. The first-order valence-corrected chi connectivity index (χ1v) is 9.01. The summed E-state index contributed by atoms with van der Waals surface area (Å²) in [4.78, 5) is 13.2. The van der Waals surface area contributed by atoms with Gasteiger partial charge in [-0.1, -0.05) is 18.2 Å². The maximum absolute atomic E-state index is 8.85. The fourth-order valence-corrected chi connectivity index (χ4v) is 2.70. The van der Waals surface area contributed by atoms with Crippen molar-refractivity contribution in [1.82, 2.24) is 15.0 Å². The van der Waals surface area contributed by atoms with Crippen molar-refractivity contribution in [3.8, 4) is 17.5 Å². The van der Waals surface area contributed by atoms with E-state index in [0.717, 1.165) is 16.9 Å². The average molecular weight is 379 g/mol. The van der Waals surface area contributed by atoms with Crippen molar-refractivity contribution < 1.29 is 4.42 Å². The molecule has 0 bridgehead atoms. The third-order valence-electron chi connectivity index (χ3n) is 4.15. The number of pyridine rings is 2. The minimum Gasteiger partial charge on any atom is -0.435 e. The molecule has 0 saturated heterocycles. The number of nitrogens with one attached hydrogen (secondary N) is 1. The lowest BCUT2D eigenvalue weighted by Crippen LogP contribution is -1.96. The average Bonchev–Trinajstić information content (AvgIpc) is 3.22. The van der Waals surface area contributed by atoms with Crippen molar-refractivity contribution in [2.45, 2.75) is 6.92 Å². The Kier molecular flexibility index (Phi) is 5.12. The second-order valence-corrected chi connectivity index (χ2v) is 6.38. The highest BCUT2D eigenvalue weighted by molar-refractivity contribution is 5.67. The first kappa shape index (κ1) is 18.1. The van der Waals surface area contributed by atoms with Gasteiger partial charge < -0.3 is 9.73 Å². The number of oxazole rings is 1. The molecule has 6 nitrogen and oxygen atoms in total. The van der Waals surface area contributed by atoms with Gasteiger partial charge in [-0.3, -0.25) is 0 Å². The number of rotatable bonds is 5. The Bertz CT molecular complexity index is 1200. The molecule has 0 radical (unpaired) electrons. The summed E-state index contributed by atoms with van der Waals surface area (Å²) >= 11 is 0. The van der Waals surface area contributed by atoms with Crippen LogP contribution in [0.25, 0.3) is 23.6 Å². The zero-order chi connectivity index (χ0) is 20.1. The zero-order valence-corrected chi connectivity index (χ0v) is 15.7. The standard InChI is InChI=1S/C23H17N5O/c1-16-11-12-25-22(13-16)28-21-4-2-3-19(27-21)20-15-26-23(29-20)10-9-17-5-7-18(14-24)8-6-17/h2-13,15H,1H3,(H,25,27,28)/b10-9+. The number of aromatic nitrogens is 3. The zero-order valence-electron chi connectivity index (χ0n) is 15.7. The maximum atomic E-state index is 8.85. The summed E-state index contributed by atoms with van der Waals surface area (Å²) in [5, 5.41) is 12.1. The number of nitrogens with zero attached hydrogens (tertiary/aromatic N) is 4. The van der Waals surface area contributed by atoms with E-state index in [1.54, 1.807) is 30.6 Å². The van der Waals surface area contributed by atoms with Gasteiger partial charge in [0.05, 0.1) is 17.8 Å². The van der Waals surface area contributed by atoms with Crippen LogP contribution in [0.15, 0.2) is 71.4 Å². The highest BCUT2D eigenvalue weighted by Crippen LogP contribution is 2.22. The minimum absolute atomic E-state index is 0.477. The highest BCUT2D eigenvalue weighted by atomic mass is 16.4. The van der Waals surface area contributed by atoms with Gasteiger partial charge in [-0.05, 0) is 60.5 Å². The molecule has 0 aliphatic carbocycles. The predicted octanol–water partition coefficient (Wildman–Crippen LogP) is 5.23. The van der Waals surface area contributed by atoms with Crippen LogP contribution in [-0.4, -0.2) is 15.0 Å². The highest BCUT2D eigenvalue weighted by Gasteiger charge is 2.07. The summed E-state index contributed by atoms with van der Waals surface area (Å²) in [6.07, 6.45) is 7.06. The van der Waals surface area contributed by atoms with Crippen molar-refractivity contribution in [1.29, 1.82) is 5.26 Å². The lowest BCUT2D eigenvalue weighted by molar-refractivity contribution is 0.558. The molecule has 0 saturated carbocycles. The van der Waals surface area contributed by atoms with E-state index in [2.05, 4.69) is 26.3 Å². The van der Waals surface area contributed by atoms with E-state index in [-0.39, 0.29) is 0 Å². The normalized spacial score (nSPS) is 10.8. The summed E-state index contributed by atoms with van der Waals surface area (Å²) < 4.78 is 5.80. The third kappa shape index (κ3) is 4.54. The second-order valence-electron chi connectivity index (χ2n) is 6.38. The molecule has 29 heavy (non-hydrogen) atoms. The molecular weight excluding hydrogens is 362 g/mol. The smallest absolute Gasteiger partial charge is 0.219 e. The van der Waals surface area contributed by atoms with Gasteiger partial charge in [0.25, 0.3) is 0 Å². The van der Waals surface area contributed by atoms with Gasteiger partial charge >= 0.3 is 0 Å². The van der Waals surface area contributed by atoms with E-state index >= 15 is 0 Å². The summed E-state index contributed by atoms with van der Waals surface area (Å²) in [5.74, 6) is 2.46. The van der Waals surface area contributed by atoms with E-state index in [1.807, 2.05) is 55.5 Å². The van der Waals surface area contributed by atoms with Crippen LogP contribution in [0.3, 0.4) is 0 Å². The number of hydrogen-bond acceptors (Lipinski definition) is 6. The molecule has 6 heteroatoms. The van der Waals surface area contributed by atoms with Gasteiger partial charge in [0.2, 0.25) is 5.89 Å². The Morgan fingerprint density at radius 3 is 2.66 bits per heavy atom. The molecule has 0 atom stereocenters. The lowest BCUT2D eigenvalue weighted by Gasteiger charge is -2.06. The number of hydrogen-bond donors (Lipinski definition) is 1. The molecule has 0 unspecified atom stereocenters. The van der Waals surface area contributed by atoms with Crippen LogP contribution in [0.5, 0.6) is 0 Å². The fraction of sp³-hybridized carbons (Fsp3) is 0.0435. The lowest BCUT2D eigenvalue weighted by atomic mass is 10.1. The summed E-state index contributed by atoms with van der Waals surface area (Å²) in [5.41, 5.74) is 3.38. The molecule has 3 aromatic heterocycles. The first-order chi connectivity index (χ1) is 14.2. The Morgan fingerprint density at radius 1 is 1.00 bits per heavy atom. The molecule has 140 valence electrons. The molecule has 1 aromatic carbocycles.